The van der Waals surface area contributed by atoms with Crippen molar-refractivity contribution in [1.82, 2.24) is 19.1 Å². The number of nitrogens with zero attached hydrogens (tertiary/aromatic N) is 4. The topological polar surface area (TPSA) is 35.6 Å². The standard InChI is InChI=1S/C56H34N4/c1-2-18-41(19-3-1)59-50-28-27-39(32-47(50)54-43-21-9-6-14-35(43)26-29-51(54)59)55-45-23-10-12-24-48(45)57-56(58-55)40-30-38-17-7-8-20-42(38)52(34-40)60-49-25-13-11-22-44(49)46-31-36-15-4-5-16-37(36)33-53(46)60/h1-34H. The number of fused-ring (bicyclic) bond motifs is 11. The van der Waals surface area contributed by atoms with E-state index in [9.17, 15) is 0 Å². The van der Waals surface area contributed by atoms with Crippen molar-refractivity contribution in [1.29, 1.82) is 0 Å². The van der Waals surface area contributed by atoms with E-state index in [0.717, 1.165) is 50.0 Å². The van der Waals surface area contributed by atoms with Gasteiger partial charge in [0.05, 0.1) is 39.0 Å². The molecular weight excluding hydrogens is 729 g/mol. The molecule has 10 aromatic carbocycles. The van der Waals surface area contributed by atoms with Gasteiger partial charge in [-0.3, -0.25) is 0 Å². The van der Waals surface area contributed by atoms with Crippen LogP contribution in [0.1, 0.15) is 0 Å². The predicted octanol–water partition coefficient (Wildman–Crippen LogP) is 14.6. The van der Waals surface area contributed by atoms with Crippen LogP contribution in [0.3, 0.4) is 0 Å². The zero-order valence-electron chi connectivity index (χ0n) is 32.4. The molecule has 278 valence electrons. The molecule has 0 radical (unpaired) electrons. The first-order valence-corrected chi connectivity index (χ1v) is 20.5. The van der Waals surface area contributed by atoms with Gasteiger partial charge in [-0.15, -0.1) is 0 Å². The highest BCUT2D eigenvalue weighted by Crippen LogP contribution is 2.42. The van der Waals surface area contributed by atoms with Gasteiger partial charge >= 0.3 is 0 Å². The highest BCUT2D eigenvalue weighted by atomic mass is 15.0. The van der Waals surface area contributed by atoms with Gasteiger partial charge in [0.25, 0.3) is 0 Å². The Morgan fingerprint density at radius 3 is 1.82 bits per heavy atom. The summed E-state index contributed by atoms with van der Waals surface area (Å²) < 4.78 is 4.82. The first-order chi connectivity index (χ1) is 29.7. The van der Waals surface area contributed by atoms with Crippen LogP contribution in [0.5, 0.6) is 0 Å². The quantitative estimate of drug-likeness (QED) is 0.179. The summed E-state index contributed by atoms with van der Waals surface area (Å²) >= 11 is 0. The van der Waals surface area contributed by atoms with Gasteiger partial charge in [0.2, 0.25) is 0 Å². The summed E-state index contributed by atoms with van der Waals surface area (Å²) in [5.41, 5.74) is 10.8. The van der Waals surface area contributed by atoms with Crippen molar-refractivity contribution in [2.45, 2.75) is 0 Å². The first-order valence-electron chi connectivity index (χ1n) is 20.5. The number of hydrogen-bond donors (Lipinski definition) is 0. The third-order valence-electron chi connectivity index (χ3n) is 12.4. The largest absolute Gasteiger partial charge is 0.309 e. The molecular formula is C56H34N4. The fraction of sp³-hybridized carbons (Fsp3) is 0. The summed E-state index contributed by atoms with van der Waals surface area (Å²) in [5, 5.41) is 13.1. The van der Waals surface area contributed by atoms with Gasteiger partial charge in [-0.1, -0.05) is 140 Å². The van der Waals surface area contributed by atoms with Crippen LogP contribution < -0.4 is 0 Å². The molecule has 0 amide bonds. The van der Waals surface area contributed by atoms with E-state index in [0.29, 0.717) is 5.82 Å². The van der Waals surface area contributed by atoms with E-state index in [4.69, 9.17) is 9.97 Å². The minimum Gasteiger partial charge on any atom is -0.309 e. The van der Waals surface area contributed by atoms with Crippen LogP contribution >= 0.6 is 0 Å². The van der Waals surface area contributed by atoms with Crippen molar-refractivity contribution < 1.29 is 0 Å². The Hall–Kier alpha value is -8.08. The normalized spacial score (nSPS) is 12.0. The monoisotopic (exact) mass is 762 g/mol. The molecule has 3 heterocycles. The van der Waals surface area contributed by atoms with Crippen molar-refractivity contribution in [3.8, 4) is 34.0 Å². The van der Waals surface area contributed by atoms with Crippen molar-refractivity contribution in [3.63, 3.8) is 0 Å². The van der Waals surface area contributed by atoms with Crippen molar-refractivity contribution in [2.75, 3.05) is 0 Å². The Balaban J connectivity index is 1.07. The molecule has 0 atom stereocenters. The zero-order valence-corrected chi connectivity index (χ0v) is 32.4. The van der Waals surface area contributed by atoms with Gasteiger partial charge in [0, 0.05) is 49.1 Å². The van der Waals surface area contributed by atoms with E-state index < -0.39 is 0 Å². The van der Waals surface area contributed by atoms with E-state index in [2.05, 4.69) is 215 Å². The SMILES string of the molecule is c1ccc(-n2c3ccc(-c4nc(-c5cc(-n6c7ccccc7c7cc8ccccc8cc76)c6ccccc6c5)nc5ccccc45)cc3c3c4ccccc4ccc32)cc1. The van der Waals surface area contributed by atoms with Gasteiger partial charge in [-0.2, -0.15) is 0 Å². The van der Waals surface area contributed by atoms with E-state index in [-0.39, 0.29) is 0 Å². The molecule has 0 saturated carbocycles. The minimum absolute atomic E-state index is 0.694. The maximum absolute atomic E-state index is 5.52. The summed E-state index contributed by atoms with van der Waals surface area (Å²) in [6.45, 7) is 0. The number of rotatable bonds is 4. The molecule has 60 heavy (non-hydrogen) atoms. The molecule has 4 heteroatoms. The Labute approximate surface area is 344 Å². The van der Waals surface area contributed by atoms with Crippen LogP contribution in [0.2, 0.25) is 0 Å². The lowest BCUT2D eigenvalue weighted by atomic mass is 10.00. The van der Waals surface area contributed by atoms with E-state index in [1.807, 2.05) is 0 Å². The summed E-state index contributed by atoms with van der Waals surface area (Å²) in [6.07, 6.45) is 0. The van der Waals surface area contributed by atoms with Gasteiger partial charge in [-0.05, 0) is 93.7 Å². The zero-order chi connectivity index (χ0) is 39.3. The van der Waals surface area contributed by atoms with Crippen LogP contribution in [0.4, 0.5) is 0 Å². The summed E-state index contributed by atoms with van der Waals surface area (Å²) in [7, 11) is 0. The lowest BCUT2D eigenvalue weighted by molar-refractivity contribution is 1.18. The molecule has 13 aromatic rings. The average molecular weight is 763 g/mol. The Bertz CT molecular complexity index is 3890. The van der Waals surface area contributed by atoms with Crippen LogP contribution in [-0.2, 0) is 0 Å². The Morgan fingerprint density at radius 1 is 0.317 bits per heavy atom. The Morgan fingerprint density at radius 2 is 0.967 bits per heavy atom. The van der Waals surface area contributed by atoms with Crippen LogP contribution in [-0.4, -0.2) is 19.1 Å². The number of aromatic nitrogens is 4. The van der Waals surface area contributed by atoms with Crippen molar-refractivity contribution in [3.05, 3.63) is 206 Å². The molecule has 0 fully saturated rings. The van der Waals surface area contributed by atoms with Crippen LogP contribution in [0.25, 0.3) is 121 Å². The second-order valence-corrected chi connectivity index (χ2v) is 15.8. The van der Waals surface area contributed by atoms with Gasteiger partial charge < -0.3 is 9.13 Å². The lowest BCUT2D eigenvalue weighted by Crippen LogP contribution is -1.99. The van der Waals surface area contributed by atoms with Crippen molar-refractivity contribution >= 4 is 86.8 Å². The number of benzene rings is 10. The molecule has 0 saturated heterocycles. The molecule has 0 aliphatic heterocycles. The third kappa shape index (κ3) is 4.85. The van der Waals surface area contributed by atoms with Crippen LogP contribution in [0.15, 0.2) is 206 Å². The molecule has 0 spiro atoms. The van der Waals surface area contributed by atoms with E-state index >= 15 is 0 Å². The summed E-state index contributed by atoms with van der Waals surface area (Å²) in [5.74, 6) is 0.694. The number of hydrogen-bond acceptors (Lipinski definition) is 2. The second kappa shape index (κ2) is 12.7. The highest BCUT2D eigenvalue weighted by molar-refractivity contribution is 6.22. The Kier molecular flexibility index (Phi) is 6.98. The molecule has 13 rings (SSSR count). The third-order valence-corrected chi connectivity index (χ3v) is 12.4. The van der Waals surface area contributed by atoms with E-state index in [1.54, 1.807) is 0 Å². The highest BCUT2D eigenvalue weighted by Gasteiger charge is 2.20. The molecule has 0 aliphatic carbocycles. The smallest absolute Gasteiger partial charge is 0.160 e. The first kappa shape index (κ1) is 32.9. The maximum Gasteiger partial charge on any atom is 0.160 e. The second-order valence-electron chi connectivity index (χ2n) is 15.8. The van der Waals surface area contributed by atoms with Gasteiger partial charge in [-0.25, -0.2) is 9.97 Å². The fourth-order valence-corrected chi connectivity index (χ4v) is 9.74. The molecule has 0 bridgehead atoms. The van der Waals surface area contributed by atoms with Crippen molar-refractivity contribution in [2.24, 2.45) is 0 Å². The molecule has 3 aromatic heterocycles. The molecule has 0 unspecified atom stereocenters. The predicted molar refractivity (Wildman–Crippen MR) is 252 cm³/mol. The summed E-state index contributed by atoms with van der Waals surface area (Å²) in [6, 6.07) is 74.4. The average Bonchev–Trinajstić information content (AvgIpc) is 3.82. The summed E-state index contributed by atoms with van der Waals surface area (Å²) in [4.78, 5) is 10.8. The minimum atomic E-state index is 0.694. The maximum atomic E-state index is 5.52. The fourth-order valence-electron chi connectivity index (χ4n) is 9.74. The van der Waals surface area contributed by atoms with Gasteiger partial charge in [0.1, 0.15) is 0 Å². The molecule has 0 aliphatic rings. The molecule has 4 nitrogen and oxygen atoms in total. The lowest BCUT2D eigenvalue weighted by Gasteiger charge is -2.15. The van der Waals surface area contributed by atoms with Crippen LogP contribution in [0, 0.1) is 0 Å². The molecule has 0 N–H and O–H groups in total. The van der Waals surface area contributed by atoms with Gasteiger partial charge in [0.15, 0.2) is 5.82 Å². The number of para-hydroxylation sites is 3. The van der Waals surface area contributed by atoms with E-state index in [1.165, 1.54) is 65.0 Å².